The summed E-state index contributed by atoms with van der Waals surface area (Å²) in [6, 6.07) is -2.72. The Labute approximate surface area is 103 Å². The number of carbonyl (C=O) groups excluding carboxylic acids is 2. The Kier molecular flexibility index (Phi) is 4.62. The molecule has 18 heavy (non-hydrogen) atoms. The van der Waals surface area contributed by atoms with E-state index < -0.39 is 36.0 Å². The van der Waals surface area contributed by atoms with Crippen LogP contribution in [0.3, 0.4) is 0 Å². The largest absolute Gasteiger partial charge is 0.480 e. The van der Waals surface area contributed by atoms with Crippen LogP contribution in [-0.2, 0) is 19.1 Å². The van der Waals surface area contributed by atoms with Crippen LogP contribution in [-0.4, -0.2) is 64.3 Å². The van der Waals surface area contributed by atoms with Crippen molar-refractivity contribution in [1.82, 2.24) is 4.90 Å². The number of carboxylic acid groups (broad SMARTS) is 1. The monoisotopic (exact) mass is 260 g/mol. The van der Waals surface area contributed by atoms with Gasteiger partial charge in [0.15, 0.2) is 6.04 Å². The summed E-state index contributed by atoms with van der Waals surface area (Å²) >= 11 is 0. The van der Waals surface area contributed by atoms with Gasteiger partial charge >= 0.3 is 11.9 Å². The van der Waals surface area contributed by atoms with Gasteiger partial charge in [-0.15, -0.1) is 0 Å². The molecule has 0 spiro atoms. The summed E-state index contributed by atoms with van der Waals surface area (Å²) in [5, 5.41) is 18.3. The number of ether oxygens (including phenoxy) is 1. The normalized spacial score (nSPS) is 24.7. The Balaban J connectivity index is 2.76. The quantitative estimate of drug-likeness (QED) is 0.390. The Morgan fingerprint density at radius 2 is 2.11 bits per heavy atom. The van der Waals surface area contributed by atoms with Crippen LogP contribution in [0.2, 0.25) is 0 Å². The number of esters is 1. The molecule has 0 aromatic rings. The molecule has 1 rings (SSSR count). The molecule has 3 atom stereocenters. The van der Waals surface area contributed by atoms with Crippen LogP contribution in [0, 0.1) is 0 Å². The lowest BCUT2D eigenvalue weighted by atomic mass is 10.2. The first-order valence-corrected chi connectivity index (χ1v) is 5.52. The van der Waals surface area contributed by atoms with E-state index in [1.165, 1.54) is 0 Å². The summed E-state index contributed by atoms with van der Waals surface area (Å²) in [6.45, 7) is 1.49. The third-order valence-corrected chi connectivity index (χ3v) is 2.65. The third-order valence-electron chi connectivity index (χ3n) is 2.65. The summed E-state index contributed by atoms with van der Waals surface area (Å²) in [4.78, 5) is 35.0. The van der Waals surface area contributed by atoms with Gasteiger partial charge in [0.2, 0.25) is 0 Å². The van der Waals surface area contributed by atoms with Gasteiger partial charge in [-0.3, -0.25) is 4.79 Å². The van der Waals surface area contributed by atoms with E-state index in [2.05, 4.69) is 4.74 Å². The number of rotatable bonds is 4. The molecule has 0 aromatic carbocycles. The number of amides is 1. The van der Waals surface area contributed by atoms with Gasteiger partial charge in [0.25, 0.3) is 5.91 Å². The minimum absolute atomic E-state index is 0.0728. The van der Waals surface area contributed by atoms with E-state index in [0.29, 0.717) is 0 Å². The number of carbonyl (C=O) groups is 3. The standard InChI is InChI=1S/C10H16N2O6/c1-2-18-10(17)7(11)8(14)12-4-5(13)3-6(12)9(15)16/h5-7,13H,2-4,11H2,1H3,(H,15,16)/t5?,6-,7?/m0/s1. The van der Waals surface area contributed by atoms with Crippen molar-refractivity contribution in [2.45, 2.75) is 31.5 Å². The molecule has 1 saturated heterocycles. The van der Waals surface area contributed by atoms with Crippen molar-refractivity contribution in [3.05, 3.63) is 0 Å². The van der Waals surface area contributed by atoms with Crippen LogP contribution in [0.1, 0.15) is 13.3 Å². The van der Waals surface area contributed by atoms with Gasteiger partial charge in [-0.25, -0.2) is 9.59 Å². The second kappa shape index (κ2) is 5.78. The molecular formula is C10H16N2O6. The number of aliphatic hydroxyl groups excluding tert-OH is 1. The lowest BCUT2D eigenvalue weighted by Crippen LogP contribution is -2.52. The van der Waals surface area contributed by atoms with Crippen LogP contribution in [0.25, 0.3) is 0 Å². The highest BCUT2D eigenvalue weighted by molar-refractivity contribution is 6.03. The molecule has 0 radical (unpaired) electrons. The number of aliphatic hydroxyl groups is 1. The Morgan fingerprint density at radius 1 is 1.50 bits per heavy atom. The zero-order valence-electron chi connectivity index (χ0n) is 9.91. The van der Waals surface area contributed by atoms with E-state index >= 15 is 0 Å². The SMILES string of the molecule is CCOC(=O)C(N)C(=O)N1CC(O)C[C@H]1C(=O)O. The molecule has 4 N–H and O–H groups in total. The van der Waals surface area contributed by atoms with Gasteiger partial charge in [-0.1, -0.05) is 0 Å². The summed E-state index contributed by atoms with van der Waals surface area (Å²) in [5.41, 5.74) is 5.39. The smallest absolute Gasteiger partial charge is 0.332 e. The minimum atomic E-state index is -1.56. The maximum atomic E-state index is 11.8. The van der Waals surface area contributed by atoms with E-state index in [-0.39, 0.29) is 19.6 Å². The predicted octanol–water partition coefficient (Wildman–Crippen LogP) is -2.08. The van der Waals surface area contributed by atoms with E-state index in [0.717, 1.165) is 4.90 Å². The molecule has 1 amide bonds. The molecule has 0 bridgehead atoms. The number of nitrogens with two attached hydrogens (primary N) is 1. The molecular weight excluding hydrogens is 244 g/mol. The zero-order valence-corrected chi connectivity index (χ0v) is 9.91. The fourth-order valence-electron chi connectivity index (χ4n) is 1.80. The molecule has 1 fully saturated rings. The average Bonchev–Trinajstić information content (AvgIpc) is 2.69. The first-order chi connectivity index (χ1) is 8.38. The molecule has 1 aliphatic rings. The molecule has 2 unspecified atom stereocenters. The highest BCUT2D eigenvalue weighted by Gasteiger charge is 2.42. The second-order valence-corrected chi connectivity index (χ2v) is 3.96. The van der Waals surface area contributed by atoms with Crippen LogP contribution in [0.4, 0.5) is 0 Å². The van der Waals surface area contributed by atoms with Crippen molar-refractivity contribution < 1.29 is 29.3 Å². The summed E-state index contributed by atoms with van der Waals surface area (Å²) in [6.07, 6.45) is -0.999. The maximum absolute atomic E-state index is 11.8. The number of β-amino-alcohol motifs (C(OH)–C–C–N with tert-alkyl or cyclic N) is 1. The topological polar surface area (TPSA) is 130 Å². The third kappa shape index (κ3) is 2.96. The first-order valence-electron chi connectivity index (χ1n) is 5.52. The van der Waals surface area contributed by atoms with Crippen molar-refractivity contribution >= 4 is 17.8 Å². The van der Waals surface area contributed by atoms with E-state index in [1.807, 2.05) is 0 Å². The molecule has 1 aliphatic heterocycles. The number of likely N-dealkylation sites (tertiary alicyclic amines) is 1. The van der Waals surface area contributed by atoms with Crippen LogP contribution >= 0.6 is 0 Å². The lowest BCUT2D eigenvalue weighted by molar-refractivity contribution is -0.155. The van der Waals surface area contributed by atoms with Crippen LogP contribution in [0.15, 0.2) is 0 Å². The molecule has 8 nitrogen and oxygen atoms in total. The number of hydrogen-bond acceptors (Lipinski definition) is 6. The van der Waals surface area contributed by atoms with Gasteiger partial charge < -0.3 is 25.6 Å². The number of aliphatic carboxylic acids is 1. The highest BCUT2D eigenvalue weighted by atomic mass is 16.5. The predicted molar refractivity (Wildman–Crippen MR) is 58.4 cm³/mol. The maximum Gasteiger partial charge on any atom is 0.332 e. The Bertz CT molecular complexity index is 358. The summed E-state index contributed by atoms with van der Waals surface area (Å²) < 4.78 is 4.59. The van der Waals surface area contributed by atoms with Gasteiger partial charge in [-0.2, -0.15) is 0 Å². The Morgan fingerprint density at radius 3 is 2.61 bits per heavy atom. The van der Waals surface area contributed by atoms with Gasteiger partial charge in [0, 0.05) is 13.0 Å². The molecule has 0 aliphatic carbocycles. The zero-order chi connectivity index (χ0) is 13.9. The van der Waals surface area contributed by atoms with Gasteiger partial charge in [0.1, 0.15) is 6.04 Å². The van der Waals surface area contributed by atoms with Crippen molar-refractivity contribution in [1.29, 1.82) is 0 Å². The van der Waals surface area contributed by atoms with Gasteiger partial charge in [0.05, 0.1) is 12.7 Å². The van der Waals surface area contributed by atoms with Crippen molar-refractivity contribution in [3.8, 4) is 0 Å². The lowest BCUT2D eigenvalue weighted by Gasteiger charge is -2.23. The average molecular weight is 260 g/mol. The molecule has 0 saturated carbocycles. The number of nitrogens with zero attached hydrogens (tertiary/aromatic N) is 1. The molecule has 1 heterocycles. The molecule has 8 heteroatoms. The first kappa shape index (κ1) is 14.4. The van der Waals surface area contributed by atoms with Crippen molar-refractivity contribution in [3.63, 3.8) is 0 Å². The summed E-state index contributed by atoms with van der Waals surface area (Å²) in [5.74, 6) is -3.00. The van der Waals surface area contributed by atoms with Crippen molar-refractivity contribution in [2.75, 3.05) is 13.2 Å². The number of hydrogen-bond donors (Lipinski definition) is 3. The van der Waals surface area contributed by atoms with Crippen LogP contribution < -0.4 is 5.73 Å². The Hall–Kier alpha value is -1.67. The van der Waals surface area contributed by atoms with E-state index in [9.17, 15) is 19.5 Å². The highest BCUT2D eigenvalue weighted by Crippen LogP contribution is 2.19. The van der Waals surface area contributed by atoms with E-state index in [4.69, 9.17) is 10.8 Å². The van der Waals surface area contributed by atoms with Gasteiger partial charge in [-0.05, 0) is 6.92 Å². The van der Waals surface area contributed by atoms with Crippen molar-refractivity contribution in [2.24, 2.45) is 5.73 Å². The fourth-order valence-corrected chi connectivity index (χ4v) is 1.80. The van der Waals surface area contributed by atoms with Crippen LogP contribution in [0.5, 0.6) is 0 Å². The van der Waals surface area contributed by atoms with E-state index in [1.54, 1.807) is 6.92 Å². The fraction of sp³-hybridized carbons (Fsp3) is 0.700. The summed E-state index contributed by atoms with van der Waals surface area (Å²) in [7, 11) is 0. The second-order valence-electron chi connectivity index (χ2n) is 3.96. The number of carboxylic acids is 1. The molecule has 102 valence electrons. The molecule has 0 aromatic heterocycles. The minimum Gasteiger partial charge on any atom is -0.480 e.